The van der Waals surface area contributed by atoms with E-state index in [4.69, 9.17) is 27.9 Å². The molecule has 1 aromatic carbocycles. The zero-order valence-corrected chi connectivity index (χ0v) is 9.42. The van der Waals surface area contributed by atoms with Crippen molar-refractivity contribution in [1.82, 2.24) is 5.32 Å². The number of benzene rings is 1. The van der Waals surface area contributed by atoms with Gasteiger partial charge in [0.05, 0.1) is 5.02 Å². The molecule has 2 atom stereocenters. The summed E-state index contributed by atoms with van der Waals surface area (Å²) in [5, 5.41) is 13.4. The molecular weight excluding hydrogens is 237 g/mol. The van der Waals surface area contributed by atoms with Crippen molar-refractivity contribution in [3.63, 3.8) is 0 Å². The Bertz CT molecular complexity index is 359. The third-order valence-corrected chi connectivity index (χ3v) is 3.12. The third-order valence-electron chi connectivity index (χ3n) is 2.32. The summed E-state index contributed by atoms with van der Waals surface area (Å²) >= 11 is 11.8. The van der Waals surface area contributed by atoms with Gasteiger partial charge in [0.25, 0.3) is 0 Å². The molecule has 82 valence electrons. The third kappa shape index (κ3) is 2.37. The molecule has 0 bridgehead atoms. The molecule has 1 saturated heterocycles. The predicted molar refractivity (Wildman–Crippen MR) is 59.8 cm³/mol. The van der Waals surface area contributed by atoms with Gasteiger partial charge < -0.3 is 15.2 Å². The molecule has 2 unspecified atom stereocenters. The lowest BCUT2D eigenvalue weighted by Gasteiger charge is -2.17. The van der Waals surface area contributed by atoms with Crippen LogP contribution in [0.15, 0.2) is 18.2 Å². The van der Waals surface area contributed by atoms with Crippen molar-refractivity contribution in [1.29, 1.82) is 0 Å². The Kier molecular flexibility index (Phi) is 3.36. The second-order valence-electron chi connectivity index (χ2n) is 3.43. The maximum Gasteiger partial charge on any atom is 0.140 e. The summed E-state index contributed by atoms with van der Waals surface area (Å²) in [6, 6.07) is 5.19. The van der Waals surface area contributed by atoms with Crippen LogP contribution < -0.4 is 10.1 Å². The van der Waals surface area contributed by atoms with E-state index in [2.05, 4.69) is 5.32 Å². The van der Waals surface area contributed by atoms with Crippen LogP contribution >= 0.6 is 23.2 Å². The van der Waals surface area contributed by atoms with Crippen LogP contribution in [0.1, 0.15) is 0 Å². The van der Waals surface area contributed by atoms with Gasteiger partial charge in [-0.2, -0.15) is 0 Å². The zero-order valence-electron chi connectivity index (χ0n) is 7.91. The Morgan fingerprint density at radius 1 is 1.33 bits per heavy atom. The van der Waals surface area contributed by atoms with Crippen molar-refractivity contribution < 1.29 is 9.84 Å². The highest BCUT2D eigenvalue weighted by molar-refractivity contribution is 6.42. The molecular formula is C10H11Cl2NO2. The molecule has 1 fully saturated rings. The van der Waals surface area contributed by atoms with Crippen LogP contribution in [0, 0.1) is 0 Å². The topological polar surface area (TPSA) is 41.5 Å². The van der Waals surface area contributed by atoms with E-state index >= 15 is 0 Å². The lowest BCUT2D eigenvalue weighted by Crippen LogP contribution is -2.29. The Morgan fingerprint density at radius 2 is 2.13 bits per heavy atom. The van der Waals surface area contributed by atoms with Gasteiger partial charge in [-0.15, -0.1) is 0 Å². The molecule has 3 nitrogen and oxygen atoms in total. The fourth-order valence-electron chi connectivity index (χ4n) is 1.50. The summed E-state index contributed by atoms with van der Waals surface area (Å²) in [4.78, 5) is 0. The largest absolute Gasteiger partial charge is 0.485 e. The van der Waals surface area contributed by atoms with Gasteiger partial charge >= 0.3 is 0 Å². The van der Waals surface area contributed by atoms with Crippen LogP contribution in [0.25, 0.3) is 0 Å². The molecule has 1 aromatic rings. The molecule has 1 aliphatic rings. The molecule has 0 spiro atoms. The number of rotatable bonds is 2. The van der Waals surface area contributed by atoms with Gasteiger partial charge in [-0.1, -0.05) is 29.3 Å². The van der Waals surface area contributed by atoms with Crippen LogP contribution in [0.5, 0.6) is 5.75 Å². The molecule has 2 N–H and O–H groups in total. The SMILES string of the molecule is OC1CNCC1Oc1cccc(Cl)c1Cl. The van der Waals surface area contributed by atoms with Crippen molar-refractivity contribution >= 4 is 23.2 Å². The average molecular weight is 248 g/mol. The van der Waals surface area contributed by atoms with Crippen molar-refractivity contribution in [2.24, 2.45) is 0 Å². The first-order valence-corrected chi connectivity index (χ1v) is 5.43. The number of nitrogens with one attached hydrogen (secondary N) is 1. The summed E-state index contributed by atoms with van der Waals surface area (Å²) in [6.45, 7) is 1.16. The van der Waals surface area contributed by atoms with Crippen LogP contribution in [0.2, 0.25) is 10.0 Å². The number of hydrogen-bond acceptors (Lipinski definition) is 3. The smallest absolute Gasteiger partial charge is 0.140 e. The quantitative estimate of drug-likeness (QED) is 0.837. The van der Waals surface area contributed by atoms with Crippen LogP contribution in [0.4, 0.5) is 0 Å². The summed E-state index contributed by atoms with van der Waals surface area (Å²) in [7, 11) is 0. The van der Waals surface area contributed by atoms with Gasteiger partial charge in [0.15, 0.2) is 0 Å². The first-order valence-electron chi connectivity index (χ1n) is 4.68. The fourth-order valence-corrected chi connectivity index (χ4v) is 1.84. The maximum absolute atomic E-state index is 9.55. The molecule has 1 aliphatic heterocycles. The second-order valence-corrected chi connectivity index (χ2v) is 4.22. The Balaban J connectivity index is 2.13. The highest BCUT2D eigenvalue weighted by Crippen LogP contribution is 2.32. The number of ether oxygens (including phenoxy) is 1. The summed E-state index contributed by atoms with van der Waals surface area (Å²) < 4.78 is 5.57. The molecule has 0 saturated carbocycles. The lowest BCUT2D eigenvalue weighted by molar-refractivity contribution is 0.0738. The van der Waals surface area contributed by atoms with Gasteiger partial charge in [-0.05, 0) is 12.1 Å². The van der Waals surface area contributed by atoms with Crippen LogP contribution in [-0.2, 0) is 0 Å². The minimum Gasteiger partial charge on any atom is -0.485 e. The number of β-amino-alcohol motifs (C(OH)–C–C–N with tert-alkyl or cyclic N) is 1. The molecule has 0 aliphatic carbocycles. The summed E-state index contributed by atoms with van der Waals surface area (Å²) in [5.41, 5.74) is 0. The predicted octanol–water partition coefficient (Wildman–Crippen LogP) is 1.70. The van der Waals surface area contributed by atoms with Crippen molar-refractivity contribution in [3.8, 4) is 5.75 Å². The van der Waals surface area contributed by atoms with Crippen molar-refractivity contribution in [3.05, 3.63) is 28.2 Å². The van der Waals surface area contributed by atoms with Gasteiger partial charge in [0.1, 0.15) is 23.0 Å². The van der Waals surface area contributed by atoms with Gasteiger partial charge in [-0.25, -0.2) is 0 Å². The zero-order chi connectivity index (χ0) is 10.8. The monoisotopic (exact) mass is 247 g/mol. The molecule has 15 heavy (non-hydrogen) atoms. The molecule has 2 rings (SSSR count). The standard InChI is InChI=1S/C10H11Cl2NO2/c11-6-2-1-3-8(10(6)12)15-9-5-13-4-7(9)14/h1-3,7,9,13-14H,4-5H2. The Hall–Kier alpha value is -0.480. The highest BCUT2D eigenvalue weighted by atomic mass is 35.5. The number of aliphatic hydroxyl groups is 1. The van der Waals surface area contributed by atoms with E-state index in [-0.39, 0.29) is 6.10 Å². The van der Waals surface area contributed by atoms with Gasteiger partial charge in [-0.3, -0.25) is 0 Å². The Labute approximate surface area is 97.9 Å². The minimum atomic E-state index is -0.500. The lowest BCUT2D eigenvalue weighted by atomic mass is 10.2. The average Bonchev–Trinajstić information content (AvgIpc) is 2.60. The van der Waals surface area contributed by atoms with Crippen molar-refractivity contribution in [2.75, 3.05) is 13.1 Å². The molecule has 0 aromatic heterocycles. The molecule has 0 radical (unpaired) electrons. The van der Waals surface area contributed by atoms with E-state index in [0.717, 1.165) is 0 Å². The molecule has 1 heterocycles. The minimum absolute atomic E-state index is 0.263. The van der Waals surface area contributed by atoms with Gasteiger partial charge in [0.2, 0.25) is 0 Å². The van der Waals surface area contributed by atoms with Crippen LogP contribution in [0.3, 0.4) is 0 Å². The van der Waals surface area contributed by atoms with E-state index in [0.29, 0.717) is 28.9 Å². The van der Waals surface area contributed by atoms with Gasteiger partial charge in [0, 0.05) is 13.1 Å². The maximum atomic E-state index is 9.55. The first kappa shape index (κ1) is 11.0. The Morgan fingerprint density at radius 3 is 2.80 bits per heavy atom. The first-order chi connectivity index (χ1) is 7.18. The van der Waals surface area contributed by atoms with Crippen molar-refractivity contribution in [2.45, 2.75) is 12.2 Å². The van der Waals surface area contributed by atoms with E-state index in [1.165, 1.54) is 0 Å². The second kappa shape index (κ2) is 4.58. The fraction of sp³-hybridized carbons (Fsp3) is 0.400. The summed E-state index contributed by atoms with van der Waals surface area (Å²) in [5.74, 6) is 0.511. The van der Waals surface area contributed by atoms with Crippen LogP contribution in [-0.4, -0.2) is 30.4 Å². The van der Waals surface area contributed by atoms with E-state index < -0.39 is 6.10 Å². The molecule has 0 amide bonds. The molecule has 5 heteroatoms. The van der Waals surface area contributed by atoms with E-state index in [1.807, 2.05) is 0 Å². The summed E-state index contributed by atoms with van der Waals surface area (Å²) in [6.07, 6.45) is -0.763. The number of halogens is 2. The highest BCUT2D eigenvalue weighted by Gasteiger charge is 2.27. The number of aliphatic hydroxyl groups excluding tert-OH is 1. The van der Waals surface area contributed by atoms with E-state index in [1.54, 1.807) is 18.2 Å². The normalized spacial score (nSPS) is 25.5. The van der Waals surface area contributed by atoms with E-state index in [9.17, 15) is 5.11 Å². The number of hydrogen-bond donors (Lipinski definition) is 2.